The van der Waals surface area contributed by atoms with E-state index in [4.69, 9.17) is 25.2 Å². The Kier molecular flexibility index (Phi) is 17.0. The third-order valence-corrected chi connectivity index (χ3v) is 9.00. The van der Waals surface area contributed by atoms with E-state index in [1.54, 1.807) is 43.5 Å². The minimum atomic E-state index is -1.03. The summed E-state index contributed by atoms with van der Waals surface area (Å²) in [4.78, 5) is 26.8. The predicted octanol–water partition coefficient (Wildman–Crippen LogP) is 5.49. The lowest BCUT2D eigenvalue weighted by molar-refractivity contribution is -0.134. The van der Waals surface area contributed by atoms with Gasteiger partial charge in [-0.3, -0.25) is 9.59 Å². The quantitative estimate of drug-likeness (QED) is 0.106. The van der Waals surface area contributed by atoms with Crippen molar-refractivity contribution in [1.82, 2.24) is 10.6 Å². The molecule has 0 bridgehead atoms. The van der Waals surface area contributed by atoms with Crippen molar-refractivity contribution in [1.29, 1.82) is 5.26 Å². The van der Waals surface area contributed by atoms with Crippen LogP contribution < -0.4 is 21.1 Å². The van der Waals surface area contributed by atoms with Crippen LogP contribution in [0.3, 0.4) is 0 Å². The average Bonchev–Trinajstić information content (AvgIpc) is 3.13. The van der Waals surface area contributed by atoms with Crippen LogP contribution in [0.4, 0.5) is 4.39 Å². The van der Waals surface area contributed by atoms with Gasteiger partial charge in [0, 0.05) is 38.2 Å². The highest BCUT2D eigenvalue weighted by Crippen LogP contribution is 2.32. The number of aliphatic hydroxyl groups is 1. The first-order valence-electron chi connectivity index (χ1n) is 17.6. The molecule has 0 heterocycles. The van der Waals surface area contributed by atoms with E-state index in [0.29, 0.717) is 37.4 Å². The molecular formula is C40H53FN4O6. The standard InChI is InChI=1S/C40H53FN4O6/c1-6-27(4)38(40(48)44-23-29-10-8-28(22-42)9-11-29)45-39(47)34(26(2)3)21-36(46)35(43)25-50-24-30-12-17-33(31-13-15-32(41)16-14-31)37(20-30)51-19-7-18-49-5/h8-17,20,26-27,34-36,38,46H,6-7,18-19,21,23-25,43H2,1-5H3,(H,44,48)(H,45,47). The van der Waals surface area contributed by atoms with Gasteiger partial charge in [-0.15, -0.1) is 0 Å². The van der Waals surface area contributed by atoms with E-state index in [1.165, 1.54) is 12.1 Å². The van der Waals surface area contributed by atoms with Crippen LogP contribution in [0, 0.1) is 34.9 Å². The van der Waals surface area contributed by atoms with Crippen LogP contribution >= 0.6 is 0 Å². The normalized spacial score (nSPS) is 14.2. The van der Waals surface area contributed by atoms with Crippen LogP contribution in [0.5, 0.6) is 5.75 Å². The molecule has 3 aromatic carbocycles. The molecule has 0 aliphatic carbocycles. The number of hydrogen-bond acceptors (Lipinski definition) is 8. The van der Waals surface area contributed by atoms with Crippen LogP contribution in [-0.4, -0.2) is 62.0 Å². The number of nitriles is 1. The number of rotatable bonds is 21. The maximum atomic E-state index is 13.6. The largest absolute Gasteiger partial charge is 0.493 e. The predicted molar refractivity (Wildman–Crippen MR) is 195 cm³/mol. The van der Waals surface area contributed by atoms with Crippen LogP contribution in [0.25, 0.3) is 11.1 Å². The summed E-state index contributed by atoms with van der Waals surface area (Å²) >= 11 is 0. The smallest absolute Gasteiger partial charge is 0.243 e. The molecular weight excluding hydrogens is 651 g/mol. The second-order valence-corrected chi connectivity index (χ2v) is 13.3. The molecule has 0 spiro atoms. The molecule has 0 saturated heterocycles. The molecule has 0 radical (unpaired) electrons. The lowest BCUT2D eigenvalue weighted by atomic mass is 9.86. The Hall–Kier alpha value is -4.34. The van der Waals surface area contributed by atoms with Crippen molar-refractivity contribution in [2.24, 2.45) is 23.5 Å². The van der Waals surface area contributed by atoms with Crippen LogP contribution in [0.2, 0.25) is 0 Å². The number of carbonyl (C=O) groups is 2. The summed E-state index contributed by atoms with van der Waals surface area (Å²) in [6, 6.07) is 19.4. The first-order chi connectivity index (χ1) is 24.5. The Morgan fingerprint density at radius 2 is 1.67 bits per heavy atom. The van der Waals surface area contributed by atoms with E-state index < -0.39 is 24.1 Å². The zero-order valence-electron chi connectivity index (χ0n) is 30.4. The Labute approximate surface area is 301 Å². The van der Waals surface area contributed by atoms with E-state index in [0.717, 1.165) is 22.3 Å². The number of ether oxygens (including phenoxy) is 3. The number of benzene rings is 3. The van der Waals surface area contributed by atoms with Gasteiger partial charge in [0.15, 0.2) is 0 Å². The molecule has 5 N–H and O–H groups in total. The molecule has 0 saturated carbocycles. The number of nitrogens with two attached hydrogens (primary N) is 1. The highest BCUT2D eigenvalue weighted by molar-refractivity contribution is 5.88. The van der Waals surface area contributed by atoms with Crippen molar-refractivity contribution in [2.75, 3.05) is 26.9 Å². The summed E-state index contributed by atoms with van der Waals surface area (Å²) in [6.07, 6.45) is 0.437. The first kappa shape index (κ1) is 41.1. The van der Waals surface area contributed by atoms with Crippen molar-refractivity contribution < 1.29 is 33.3 Å². The number of nitrogens with one attached hydrogen (secondary N) is 2. The minimum Gasteiger partial charge on any atom is -0.493 e. The summed E-state index contributed by atoms with van der Waals surface area (Å²) in [5.41, 5.74) is 10.2. The van der Waals surface area contributed by atoms with Gasteiger partial charge in [0.2, 0.25) is 11.8 Å². The molecule has 51 heavy (non-hydrogen) atoms. The number of aliphatic hydroxyl groups excluding tert-OH is 1. The molecule has 2 amide bonds. The molecule has 5 unspecified atom stereocenters. The first-order valence-corrected chi connectivity index (χ1v) is 17.6. The number of amides is 2. The molecule has 0 aliphatic rings. The fraction of sp³-hybridized carbons (Fsp3) is 0.475. The summed E-state index contributed by atoms with van der Waals surface area (Å²) in [7, 11) is 1.63. The Morgan fingerprint density at radius 1 is 0.980 bits per heavy atom. The van der Waals surface area contributed by atoms with Gasteiger partial charge in [0.25, 0.3) is 0 Å². The summed E-state index contributed by atoms with van der Waals surface area (Å²) in [6.45, 7) is 9.17. The fourth-order valence-corrected chi connectivity index (χ4v) is 5.53. The van der Waals surface area contributed by atoms with E-state index in [2.05, 4.69) is 16.7 Å². The van der Waals surface area contributed by atoms with Crippen LogP contribution in [0.1, 0.15) is 63.6 Å². The molecule has 5 atom stereocenters. The minimum absolute atomic E-state index is 0.0462. The topological polar surface area (TPSA) is 156 Å². The summed E-state index contributed by atoms with van der Waals surface area (Å²) in [5, 5.41) is 25.9. The van der Waals surface area contributed by atoms with E-state index in [1.807, 2.05) is 45.9 Å². The lowest BCUT2D eigenvalue weighted by Crippen LogP contribution is -2.52. The maximum absolute atomic E-state index is 13.6. The number of halogens is 1. The fourth-order valence-electron chi connectivity index (χ4n) is 5.53. The van der Waals surface area contributed by atoms with Gasteiger partial charge < -0.3 is 35.7 Å². The summed E-state index contributed by atoms with van der Waals surface area (Å²) in [5.74, 6) is -1.17. The molecule has 0 aliphatic heterocycles. The Balaban J connectivity index is 1.58. The van der Waals surface area contributed by atoms with Crippen LogP contribution in [0.15, 0.2) is 66.7 Å². The Bertz CT molecular complexity index is 1560. The van der Waals surface area contributed by atoms with E-state index in [-0.39, 0.29) is 55.6 Å². The molecule has 3 aromatic rings. The van der Waals surface area contributed by atoms with E-state index in [9.17, 15) is 19.1 Å². The van der Waals surface area contributed by atoms with Gasteiger partial charge in [0.1, 0.15) is 17.6 Å². The monoisotopic (exact) mass is 704 g/mol. The summed E-state index contributed by atoms with van der Waals surface area (Å²) < 4.78 is 30.6. The highest BCUT2D eigenvalue weighted by atomic mass is 19.1. The third-order valence-electron chi connectivity index (χ3n) is 9.00. The number of nitrogens with zero attached hydrogens (tertiary/aromatic N) is 1. The number of carbonyl (C=O) groups excluding carboxylic acids is 2. The molecule has 10 nitrogen and oxygen atoms in total. The highest BCUT2D eigenvalue weighted by Gasteiger charge is 2.32. The Morgan fingerprint density at radius 3 is 2.29 bits per heavy atom. The van der Waals surface area contributed by atoms with Gasteiger partial charge in [0.05, 0.1) is 43.6 Å². The molecule has 0 aromatic heterocycles. The maximum Gasteiger partial charge on any atom is 0.243 e. The molecule has 276 valence electrons. The van der Waals surface area contributed by atoms with Gasteiger partial charge in [-0.1, -0.05) is 70.5 Å². The molecule has 11 heteroatoms. The molecule has 3 rings (SSSR count). The van der Waals surface area contributed by atoms with Crippen molar-refractivity contribution in [3.05, 3.63) is 89.2 Å². The molecule has 0 fully saturated rings. The SMILES string of the molecule is CCC(C)C(NC(=O)C(CC(O)C(N)COCc1ccc(-c2ccc(F)cc2)c(OCCCOC)c1)C(C)C)C(=O)NCc1ccc(C#N)cc1. The van der Waals surface area contributed by atoms with Crippen molar-refractivity contribution in [3.63, 3.8) is 0 Å². The van der Waals surface area contributed by atoms with E-state index >= 15 is 0 Å². The van der Waals surface area contributed by atoms with Crippen molar-refractivity contribution in [3.8, 4) is 22.9 Å². The average molecular weight is 705 g/mol. The van der Waals surface area contributed by atoms with Gasteiger partial charge in [-0.25, -0.2) is 4.39 Å². The van der Waals surface area contributed by atoms with Gasteiger partial charge >= 0.3 is 0 Å². The zero-order chi connectivity index (χ0) is 37.3. The second-order valence-electron chi connectivity index (χ2n) is 13.3. The van der Waals surface area contributed by atoms with Crippen molar-refractivity contribution >= 4 is 11.8 Å². The zero-order valence-corrected chi connectivity index (χ0v) is 30.4. The van der Waals surface area contributed by atoms with Crippen LogP contribution in [-0.2, 0) is 32.2 Å². The van der Waals surface area contributed by atoms with Crippen molar-refractivity contribution in [2.45, 2.75) is 78.3 Å². The number of methoxy groups -OCH3 is 1. The van der Waals surface area contributed by atoms with Gasteiger partial charge in [-0.2, -0.15) is 5.26 Å². The number of hydrogen-bond donors (Lipinski definition) is 4. The second kappa shape index (κ2) is 21.1. The third kappa shape index (κ3) is 13.1. The lowest BCUT2D eigenvalue weighted by Gasteiger charge is -2.29. The van der Waals surface area contributed by atoms with Gasteiger partial charge in [-0.05, 0) is 65.3 Å².